The van der Waals surface area contributed by atoms with Crippen molar-refractivity contribution in [3.8, 4) is 0 Å². The molecule has 1 atom stereocenters. The van der Waals surface area contributed by atoms with Crippen LogP contribution < -0.4 is 5.32 Å². The van der Waals surface area contributed by atoms with Gasteiger partial charge >= 0.3 is 0 Å². The Hall–Kier alpha value is -2.14. The number of carbonyl (C=O) groups is 1. The van der Waals surface area contributed by atoms with E-state index < -0.39 is 0 Å². The fourth-order valence-electron chi connectivity index (χ4n) is 4.36. The van der Waals surface area contributed by atoms with Gasteiger partial charge in [0, 0.05) is 23.2 Å². The predicted molar refractivity (Wildman–Crippen MR) is 117 cm³/mol. The smallest absolute Gasteiger partial charge is 0.232 e. The van der Waals surface area contributed by atoms with E-state index in [1.807, 2.05) is 13.0 Å². The maximum absolute atomic E-state index is 12.8. The zero-order valence-electron chi connectivity index (χ0n) is 18.2. The van der Waals surface area contributed by atoms with Crippen molar-refractivity contribution in [1.82, 2.24) is 15.1 Å². The summed E-state index contributed by atoms with van der Waals surface area (Å²) in [7, 11) is 0. The zero-order chi connectivity index (χ0) is 20.6. The Morgan fingerprint density at radius 3 is 2.52 bits per heavy atom. The zero-order valence-corrected chi connectivity index (χ0v) is 18.2. The Morgan fingerprint density at radius 1 is 1.14 bits per heavy atom. The second-order valence-corrected chi connectivity index (χ2v) is 9.80. The summed E-state index contributed by atoms with van der Waals surface area (Å²) in [5.74, 6) is 1.61. The number of likely N-dealkylation sites (tertiary alicyclic amines) is 1. The number of H-pyrrole nitrogens is 1. The van der Waals surface area contributed by atoms with Gasteiger partial charge in [-0.1, -0.05) is 24.3 Å². The first kappa shape index (κ1) is 20.1. The largest absolute Gasteiger partial charge is 0.309 e. The summed E-state index contributed by atoms with van der Waals surface area (Å²) in [6.07, 6.45) is 4.79. The second kappa shape index (κ2) is 7.94. The lowest BCUT2D eigenvalue weighted by Crippen LogP contribution is -2.45. The molecule has 1 aromatic heterocycles. The molecule has 1 unspecified atom stereocenters. The highest BCUT2D eigenvalue weighted by atomic mass is 16.1. The summed E-state index contributed by atoms with van der Waals surface area (Å²) in [6.45, 7) is 11.1. The molecule has 4 rings (SSSR count). The number of rotatable bonds is 5. The SMILES string of the molecule is CC(C(=O)Nc1cc(C2CC2)[nH]n1)c1cccc(C2CCN(C(C)(C)C)CC2)c1. The number of nitrogens with one attached hydrogen (secondary N) is 2. The van der Waals surface area contributed by atoms with Crippen LogP contribution in [0.25, 0.3) is 0 Å². The highest BCUT2D eigenvalue weighted by Gasteiger charge is 2.28. The molecular formula is C24H34N4O. The lowest BCUT2D eigenvalue weighted by molar-refractivity contribution is -0.117. The van der Waals surface area contributed by atoms with E-state index in [1.54, 1.807) is 0 Å². The molecule has 5 nitrogen and oxygen atoms in total. The van der Waals surface area contributed by atoms with Crippen molar-refractivity contribution >= 4 is 11.7 Å². The second-order valence-electron chi connectivity index (χ2n) is 9.80. The van der Waals surface area contributed by atoms with E-state index in [4.69, 9.17) is 0 Å². The Bertz CT molecular complexity index is 854. The van der Waals surface area contributed by atoms with Gasteiger partial charge in [0.1, 0.15) is 0 Å². The first-order valence-electron chi connectivity index (χ1n) is 11.0. The van der Waals surface area contributed by atoms with Crippen molar-refractivity contribution in [3.63, 3.8) is 0 Å². The van der Waals surface area contributed by atoms with E-state index in [9.17, 15) is 4.79 Å². The highest BCUT2D eigenvalue weighted by Crippen LogP contribution is 2.39. The van der Waals surface area contributed by atoms with Gasteiger partial charge in [0.2, 0.25) is 5.91 Å². The third-order valence-electron chi connectivity index (χ3n) is 6.59. The Labute approximate surface area is 174 Å². The third kappa shape index (κ3) is 4.72. The van der Waals surface area contributed by atoms with Gasteiger partial charge in [-0.25, -0.2) is 0 Å². The number of carbonyl (C=O) groups excluding carboxylic acids is 1. The van der Waals surface area contributed by atoms with Crippen molar-refractivity contribution in [2.24, 2.45) is 0 Å². The number of piperidine rings is 1. The third-order valence-corrected chi connectivity index (χ3v) is 6.59. The molecule has 2 fully saturated rings. The van der Waals surface area contributed by atoms with E-state index >= 15 is 0 Å². The average molecular weight is 395 g/mol. The monoisotopic (exact) mass is 394 g/mol. The standard InChI is InChI=1S/C24H34N4O/c1-16(23(29)25-22-15-21(26-27-22)18-8-9-18)19-6-5-7-20(14-19)17-10-12-28(13-11-17)24(2,3)4/h5-7,14-18H,8-13H2,1-4H3,(H2,25,26,27,29). The van der Waals surface area contributed by atoms with Gasteiger partial charge < -0.3 is 5.32 Å². The van der Waals surface area contributed by atoms with Crippen LogP contribution in [-0.4, -0.2) is 39.6 Å². The number of aromatic nitrogens is 2. The minimum absolute atomic E-state index is 0.00134. The molecule has 1 aliphatic carbocycles. The lowest BCUT2D eigenvalue weighted by atomic mass is 9.85. The van der Waals surface area contributed by atoms with Crippen molar-refractivity contribution in [3.05, 3.63) is 47.2 Å². The summed E-state index contributed by atoms with van der Waals surface area (Å²) >= 11 is 0. The van der Waals surface area contributed by atoms with E-state index in [1.165, 1.54) is 31.2 Å². The molecule has 5 heteroatoms. The topological polar surface area (TPSA) is 61.0 Å². The molecule has 2 aromatic rings. The maximum atomic E-state index is 12.8. The summed E-state index contributed by atoms with van der Waals surface area (Å²) in [4.78, 5) is 15.3. The molecule has 1 saturated heterocycles. The number of nitrogens with zero attached hydrogens (tertiary/aromatic N) is 2. The predicted octanol–water partition coefficient (Wildman–Crippen LogP) is 5.01. The van der Waals surface area contributed by atoms with Gasteiger partial charge in [-0.2, -0.15) is 5.10 Å². The quantitative estimate of drug-likeness (QED) is 0.749. The van der Waals surface area contributed by atoms with Crippen molar-refractivity contribution in [1.29, 1.82) is 0 Å². The summed E-state index contributed by atoms with van der Waals surface area (Å²) in [6, 6.07) is 10.6. The minimum atomic E-state index is -0.203. The average Bonchev–Trinajstić information content (AvgIpc) is 3.46. The summed E-state index contributed by atoms with van der Waals surface area (Å²) in [5.41, 5.74) is 3.82. The molecule has 1 aliphatic heterocycles. The number of aromatic amines is 1. The molecule has 0 radical (unpaired) electrons. The van der Waals surface area contributed by atoms with Crippen LogP contribution in [0.5, 0.6) is 0 Å². The van der Waals surface area contributed by atoms with E-state index in [0.29, 0.717) is 17.7 Å². The van der Waals surface area contributed by atoms with Crippen LogP contribution in [0, 0.1) is 0 Å². The van der Waals surface area contributed by atoms with E-state index in [2.05, 4.69) is 65.5 Å². The van der Waals surface area contributed by atoms with Gasteiger partial charge in [0.05, 0.1) is 5.92 Å². The summed E-state index contributed by atoms with van der Waals surface area (Å²) < 4.78 is 0. The van der Waals surface area contributed by atoms with Crippen molar-refractivity contribution < 1.29 is 4.79 Å². The van der Waals surface area contributed by atoms with Crippen LogP contribution in [0.1, 0.15) is 88.0 Å². The molecule has 1 aromatic carbocycles. The van der Waals surface area contributed by atoms with Gasteiger partial charge in [-0.15, -0.1) is 0 Å². The van der Waals surface area contributed by atoms with Crippen LogP contribution in [0.15, 0.2) is 30.3 Å². The Kier molecular flexibility index (Phi) is 5.52. The van der Waals surface area contributed by atoms with Gasteiger partial charge in [0.15, 0.2) is 5.82 Å². The first-order valence-corrected chi connectivity index (χ1v) is 11.0. The maximum Gasteiger partial charge on any atom is 0.232 e. The highest BCUT2D eigenvalue weighted by molar-refractivity contribution is 5.94. The summed E-state index contributed by atoms with van der Waals surface area (Å²) in [5, 5.41) is 10.3. The molecule has 2 N–H and O–H groups in total. The fraction of sp³-hybridized carbons (Fsp3) is 0.583. The minimum Gasteiger partial charge on any atom is -0.309 e. The lowest BCUT2D eigenvalue weighted by Gasteiger charge is -2.41. The van der Waals surface area contributed by atoms with Crippen molar-refractivity contribution in [2.45, 2.75) is 76.7 Å². The molecule has 0 spiro atoms. The number of anilines is 1. The van der Waals surface area contributed by atoms with E-state index in [0.717, 1.165) is 24.3 Å². The van der Waals surface area contributed by atoms with Crippen LogP contribution >= 0.6 is 0 Å². The Morgan fingerprint density at radius 2 is 1.86 bits per heavy atom. The van der Waals surface area contributed by atoms with Gasteiger partial charge in [-0.3, -0.25) is 14.8 Å². The molecule has 156 valence electrons. The Balaban J connectivity index is 1.39. The first-order chi connectivity index (χ1) is 13.8. The molecule has 1 amide bonds. The number of hydrogen-bond acceptors (Lipinski definition) is 3. The van der Waals surface area contributed by atoms with E-state index in [-0.39, 0.29) is 17.4 Å². The number of amides is 1. The van der Waals surface area contributed by atoms with Gasteiger partial charge in [0.25, 0.3) is 0 Å². The number of benzene rings is 1. The van der Waals surface area contributed by atoms with Crippen LogP contribution in [0.4, 0.5) is 5.82 Å². The molecule has 2 aliphatic rings. The molecule has 1 saturated carbocycles. The van der Waals surface area contributed by atoms with Crippen LogP contribution in [0.3, 0.4) is 0 Å². The molecule has 0 bridgehead atoms. The molecule has 2 heterocycles. The van der Waals surface area contributed by atoms with Crippen molar-refractivity contribution in [2.75, 3.05) is 18.4 Å². The van der Waals surface area contributed by atoms with Crippen LogP contribution in [-0.2, 0) is 4.79 Å². The fourth-order valence-corrected chi connectivity index (χ4v) is 4.36. The molecule has 29 heavy (non-hydrogen) atoms. The number of hydrogen-bond donors (Lipinski definition) is 2. The molecular weight excluding hydrogens is 360 g/mol. The normalized spacial score (nSPS) is 19.9. The van der Waals surface area contributed by atoms with Gasteiger partial charge in [-0.05, 0) is 83.5 Å². The van der Waals surface area contributed by atoms with Crippen LogP contribution in [0.2, 0.25) is 0 Å².